The van der Waals surface area contributed by atoms with Gasteiger partial charge < -0.3 is 19.8 Å². The quantitative estimate of drug-likeness (QED) is 0.271. The van der Waals surface area contributed by atoms with E-state index in [0.29, 0.717) is 29.6 Å². The van der Waals surface area contributed by atoms with Gasteiger partial charge in [-0.2, -0.15) is 0 Å². The summed E-state index contributed by atoms with van der Waals surface area (Å²) in [5.74, 6) is 1.50. The lowest BCUT2D eigenvalue weighted by Gasteiger charge is -2.17. The first kappa shape index (κ1) is 23.0. The second kappa shape index (κ2) is 11.6. The van der Waals surface area contributed by atoms with E-state index in [1.165, 1.54) is 12.7 Å². The Hall–Kier alpha value is -2.03. The number of furan rings is 1. The highest BCUT2D eigenvalue weighted by molar-refractivity contribution is 14.0. The molecule has 7 heteroatoms. The number of esters is 1. The Morgan fingerprint density at radius 2 is 2.00 bits per heavy atom. The number of nitrogens with zero attached hydrogens (tertiary/aromatic N) is 1. The first-order valence-corrected chi connectivity index (χ1v) is 8.72. The zero-order valence-electron chi connectivity index (χ0n) is 16.2. The van der Waals surface area contributed by atoms with E-state index in [1.807, 2.05) is 6.07 Å². The predicted molar refractivity (Wildman–Crippen MR) is 118 cm³/mol. The van der Waals surface area contributed by atoms with Gasteiger partial charge in [0.25, 0.3) is 0 Å². The van der Waals surface area contributed by atoms with Crippen LogP contribution >= 0.6 is 24.0 Å². The van der Waals surface area contributed by atoms with Gasteiger partial charge in [-0.1, -0.05) is 30.3 Å². The third-order valence-electron chi connectivity index (χ3n) is 4.12. The van der Waals surface area contributed by atoms with Crippen LogP contribution in [-0.4, -0.2) is 32.1 Å². The van der Waals surface area contributed by atoms with Crippen LogP contribution in [0.3, 0.4) is 0 Å². The summed E-state index contributed by atoms with van der Waals surface area (Å²) in [6.45, 7) is 4.31. The van der Waals surface area contributed by atoms with Crippen molar-refractivity contribution < 1.29 is 13.9 Å². The second-order valence-electron chi connectivity index (χ2n) is 6.17. The predicted octanol–water partition coefficient (Wildman–Crippen LogP) is 3.68. The van der Waals surface area contributed by atoms with Crippen LogP contribution in [0.15, 0.2) is 45.8 Å². The Morgan fingerprint density at radius 1 is 1.30 bits per heavy atom. The summed E-state index contributed by atoms with van der Waals surface area (Å²) in [4.78, 5) is 15.9. The van der Waals surface area contributed by atoms with Crippen LogP contribution in [0, 0.1) is 6.92 Å². The fourth-order valence-electron chi connectivity index (χ4n) is 2.64. The van der Waals surface area contributed by atoms with Crippen LogP contribution in [-0.2, 0) is 17.7 Å². The number of hydrogen-bond acceptors (Lipinski definition) is 4. The summed E-state index contributed by atoms with van der Waals surface area (Å²) in [6.07, 6.45) is 2.00. The third kappa shape index (κ3) is 7.24. The topological polar surface area (TPSA) is 75.9 Å². The number of aliphatic imine (C=N–C) groups is 1. The SMILES string of the molecule is CN=C(NCc1cc(C(=O)OC)c(C)o1)NC(C)CCc1ccccc1.I. The van der Waals surface area contributed by atoms with E-state index in [9.17, 15) is 4.79 Å². The number of rotatable bonds is 7. The van der Waals surface area contributed by atoms with E-state index in [2.05, 4.69) is 46.8 Å². The molecule has 0 saturated heterocycles. The van der Waals surface area contributed by atoms with Gasteiger partial charge in [0.05, 0.1) is 13.7 Å². The molecule has 148 valence electrons. The maximum Gasteiger partial charge on any atom is 0.341 e. The molecule has 0 bridgehead atoms. The van der Waals surface area contributed by atoms with Crippen molar-refractivity contribution >= 4 is 35.9 Å². The molecule has 0 aliphatic heterocycles. The van der Waals surface area contributed by atoms with Crippen molar-refractivity contribution in [3.63, 3.8) is 0 Å². The van der Waals surface area contributed by atoms with E-state index >= 15 is 0 Å². The van der Waals surface area contributed by atoms with Crippen LogP contribution in [0.1, 0.15) is 40.8 Å². The van der Waals surface area contributed by atoms with E-state index in [0.717, 1.165) is 12.8 Å². The number of ether oxygens (including phenoxy) is 1. The van der Waals surface area contributed by atoms with Crippen molar-refractivity contribution in [1.29, 1.82) is 0 Å². The van der Waals surface area contributed by atoms with Crippen LogP contribution in [0.2, 0.25) is 0 Å². The largest absolute Gasteiger partial charge is 0.465 e. The zero-order chi connectivity index (χ0) is 18.9. The number of hydrogen-bond donors (Lipinski definition) is 2. The summed E-state index contributed by atoms with van der Waals surface area (Å²) in [6, 6.07) is 12.4. The van der Waals surface area contributed by atoms with Gasteiger partial charge in [0, 0.05) is 13.1 Å². The molecule has 0 radical (unpaired) electrons. The molecule has 6 nitrogen and oxygen atoms in total. The average Bonchev–Trinajstić information content (AvgIpc) is 3.04. The van der Waals surface area contributed by atoms with E-state index in [4.69, 9.17) is 9.15 Å². The number of carbonyl (C=O) groups excluding carboxylic acids is 1. The Morgan fingerprint density at radius 3 is 2.63 bits per heavy atom. The molecule has 0 amide bonds. The molecular weight excluding hydrogens is 457 g/mol. The van der Waals surface area contributed by atoms with Gasteiger partial charge in [-0.15, -0.1) is 24.0 Å². The van der Waals surface area contributed by atoms with Gasteiger partial charge in [-0.05, 0) is 38.3 Å². The van der Waals surface area contributed by atoms with Crippen molar-refractivity contribution in [3.05, 3.63) is 59.0 Å². The van der Waals surface area contributed by atoms with E-state index < -0.39 is 5.97 Å². The highest BCUT2D eigenvalue weighted by atomic mass is 127. The molecule has 1 atom stereocenters. The first-order chi connectivity index (χ1) is 12.5. The smallest absolute Gasteiger partial charge is 0.341 e. The molecule has 0 fully saturated rings. The summed E-state index contributed by atoms with van der Waals surface area (Å²) < 4.78 is 10.3. The third-order valence-corrected chi connectivity index (χ3v) is 4.12. The number of carbonyl (C=O) groups is 1. The van der Waals surface area contributed by atoms with Crippen LogP contribution in [0.25, 0.3) is 0 Å². The second-order valence-corrected chi connectivity index (χ2v) is 6.17. The van der Waals surface area contributed by atoms with Gasteiger partial charge in [-0.3, -0.25) is 4.99 Å². The van der Waals surface area contributed by atoms with Crippen LogP contribution in [0.4, 0.5) is 0 Å². The lowest BCUT2D eigenvalue weighted by molar-refractivity contribution is 0.0599. The minimum absolute atomic E-state index is 0. The van der Waals surface area contributed by atoms with Crippen LogP contribution in [0.5, 0.6) is 0 Å². The molecule has 1 unspecified atom stereocenters. The molecule has 2 N–H and O–H groups in total. The summed E-state index contributed by atoms with van der Waals surface area (Å²) in [5.41, 5.74) is 1.77. The molecule has 1 aromatic heterocycles. The molecular formula is C20H28IN3O3. The minimum Gasteiger partial charge on any atom is -0.465 e. The standard InChI is InChI=1S/C20H27N3O3.HI/c1-14(10-11-16-8-6-5-7-9-16)23-20(21-3)22-13-17-12-18(15(2)26-17)19(24)25-4;/h5-9,12,14H,10-11,13H2,1-4H3,(H2,21,22,23);1H. The molecule has 2 rings (SSSR count). The molecule has 0 saturated carbocycles. The average molecular weight is 485 g/mol. The van der Waals surface area contributed by atoms with Crippen molar-refractivity contribution in [2.24, 2.45) is 4.99 Å². The Bertz CT molecular complexity index is 744. The van der Waals surface area contributed by atoms with Crippen molar-refractivity contribution in [3.8, 4) is 0 Å². The minimum atomic E-state index is -0.394. The number of halogens is 1. The van der Waals surface area contributed by atoms with E-state index in [1.54, 1.807) is 20.0 Å². The van der Waals surface area contributed by atoms with Gasteiger partial charge in [0.1, 0.15) is 17.1 Å². The van der Waals surface area contributed by atoms with Gasteiger partial charge >= 0.3 is 5.97 Å². The zero-order valence-corrected chi connectivity index (χ0v) is 18.6. The van der Waals surface area contributed by atoms with Crippen molar-refractivity contribution in [1.82, 2.24) is 10.6 Å². The summed E-state index contributed by atoms with van der Waals surface area (Å²) >= 11 is 0. The maximum absolute atomic E-state index is 11.6. The normalized spacial score (nSPS) is 12.1. The highest BCUT2D eigenvalue weighted by Crippen LogP contribution is 2.15. The number of benzene rings is 1. The Labute approximate surface area is 177 Å². The molecule has 1 aromatic carbocycles. The van der Waals surface area contributed by atoms with Gasteiger partial charge in [0.15, 0.2) is 5.96 Å². The summed E-state index contributed by atoms with van der Waals surface area (Å²) in [7, 11) is 3.09. The monoisotopic (exact) mass is 485 g/mol. The lowest BCUT2D eigenvalue weighted by Crippen LogP contribution is -2.42. The molecule has 0 spiro atoms. The number of nitrogens with one attached hydrogen (secondary N) is 2. The molecule has 2 aromatic rings. The first-order valence-electron chi connectivity index (χ1n) is 8.72. The van der Waals surface area contributed by atoms with Gasteiger partial charge in [0.2, 0.25) is 0 Å². The molecule has 27 heavy (non-hydrogen) atoms. The molecule has 0 aliphatic carbocycles. The summed E-state index contributed by atoms with van der Waals surface area (Å²) in [5, 5.41) is 6.57. The fraction of sp³-hybridized carbons (Fsp3) is 0.400. The van der Waals surface area contributed by atoms with Crippen molar-refractivity contribution in [2.45, 2.75) is 39.3 Å². The number of guanidine groups is 1. The Kier molecular flexibility index (Phi) is 9.92. The fourth-order valence-corrected chi connectivity index (χ4v) is 2.64. The van der Waals surface area contributed by atoms with Crippen molar-refractivity contribution in [2.75, 3.05) is 14.2 Å². The number of methoxy groups -OCH3 is 1. The van der Waals surface area contributed by atoms with Gasteiger partial charge in [-0.25, -0.2) is 4.79 Å². The Balaban J connectivity index is 0.00000364. The lowest BCUT2D eigenvalue weighted by atomic mass is 10.1. The molecule has 1 heterocycles. The highest BCUT2D eigenvalue weighted by Gasteiger charge is 2.15. The maximum atomic E-state index is 11.6. The van der Waals surface area contributed by atoms with Crippen LogP contribution < -0.4 is 10.6 Å². The number of aryl methyl sites for hydroxylation is 2. The molecule has 0 aliphatic rings. The van der Waals surface area contributed by atoms with E-state index in [-0.39, 0.29) is 30.0 Å².